The molecule has 1 unspecified atom stereocenters. The largest absolute Gasteiger partial charge is 0.462 e. The molecule has 1 atom stereocenters. The lowest BCUT2D eigenvalue weighted by atomic mass is 10.1. The van der Waals surface area contributed by atoms with Crippen LogP contribution in [0.2, 0.25) is 0 Å². The van der Waals surface area contributed by atoms with Crippen LogP contribution in [-0.4, -0.2) is 28.9 Å². The minimum Gasteiger partial charge on any atom is -0.462 e. The molecule has 0 aliphatic heterocycles. The zero-order chi connectivity index (χ0) is 17.1. The fourth-order valence-corrected chi connectivity index (χ4v) is 2.55. The van der Waals surface area contributed by atoms with Crippen LogP contribution >= 0.6 is 0 Å². The minimum atomic E-state index is -0.720. The molecule has 5 nitrogen and oxygen atoms in total. The number of carbonyl (C=O) groups excluding carboxylic acids is 1. The number of fused-ring (bicyclic) bond motifs is 1. The Hall–Kier alpha value is -2.21. The Labute approximate surface area is 133 Å². The number of hydrogen-bond acceptors (Lipinski definition) is 4. The molecule has 0 aliphatic carbocycles. The van der Waals surface area contributed by atoms with Crippen LogP contribution in [0.5, 0.6) is 0 Å². The van der Waals surface area contributed by atoms with Crippen molar-refractivity contribution in [2.75, 3.05) is 13.2 Å². The number of nitrogens with zero attached hydrogens (tertiary/aromatic N) is 1. The van der Waals surface area contributed by atoms with Crippen LogP contribution < -0.4 is 5.43 Å². The van der Waals surface area contributed by atoms with Crippen LogP contribution in [0, 0.1) is 12.7 Å². The lowest BCUT2D eigenvalue weighted by Crippen LogP contribution is -2.24. The summed E-state index contributed by atoms with van der Waals surface area (Å²) < 4.78 is 20.4. The van der Waals surface area contributed by atoms with Crippen LogP contribution in [0.25, 0.3) is 10.9 Å². The third-order valence-corrected chi connectivity index (χ3v) is 3.88. The molecule has 0 saturated carbocycles. The average Bonchev–Trinajstić information content (AvgIpc) is 2.52. The summed E-state index contributed by atoms with van der Waals surface area (Å²) in [5.74, 6) is -1.16. The highest BCUT2D eigenvalue weighted by atomic mass is 19.1. The molecule has 0 aliphatic rings. The molecule has 0 radical (unpaired) electrons. The average molecular weight is 321 g/mol. The molecule has 6 heteroatoms. The van der Waals surface area contributed by atoms with Gasteiger partial charge in [-0.15, -0.1) is 0 Å². The summed E-state index contributed by atoms with van der Waals surface area (Å²) in [5.41, 5.74) is 0.0640. The molecule has 0 saturated heterocycles. The smallest absolute Gasteiger partial charge is 0.343 e. The van der Waals surface area contributed by atoms with Gasteiger partial charge in [0.05, 0.1) is 24.8 Å². The van der Waals surface area contributed by atoms with Crippen LogP contribution in [0.15, 0.2) is 23.1 Å². The highest BCUT2D eigenvalue weighted by Crippen LogP contribution is 2.22. The van der Waals surface area contributed by atoms with E-state index < -0.39 is 17.2 Å². The molecule has 0 fully saturated rings. The van der Waals surface area contributed by atoms with Crippen molar-refractivity contribution in [3.05, 3.63) is 45.5 Å². The van der Waals surface area contributed by atoms with E-state index in [0.29, 0.717) is 17.5 Å². The summed E-state index contributed by atoms with van der Waals surface area (Å²) in [5, 5.41) is 9.79. The van der Waals surface area contributed by atoms with Crippen molar-refractivity contribution in [1.82, 2.24) is 4.57 Å². The van der Waals surface area contributed by atoms with Crippen LogP contribution in [0.4, 0.5) is 4.39 Å². The summed E-state index contributed by atoms with van der Waals surface area (Å²) in [6.07, 6.45) is 1.91. The Morgan fingerprint density at radius 3 is 2.65 bits per heavy atom. The predicted octanol–water partition coefficient (Wildman–Crippen LogP) is 2.57. The molecule has 1 N–H and O–H groups in total. The Kier molecular flexibility index (Phi) is 5.15. The Morgan fingerprint density at radius 1 is 1.39 bits per heavy atom. The highest BCUT2D eigenvalue weighted by molar-refractivity contribution is 5.94. The van der Waals surface area contributed by atoms with Gasteiger partial charge in [-0.2, -0.15) is 0 Å². The Morgan fingerprint density at radius 2 is 2.09 bits per heavy atom. The highest BCUT2D eigenvalue weighted by Gasteiger charge is 2.20. The van der Waals surface area contributed by atoms with Crippen molar-refractivity contribution in [3.63, 3.8) is 0 Å². The molecule has 1 aromatic carbocycles. The van der Waals surface area contributed by atoms with E-state index in [-0.39, 0.29) is 30.2 Å². The van der Waals surface area contributed by atoms with Crippen LogP contribution in [-0.2, 0) is 4.74 Å². The minimum absolute atomic E-state index is 0.114. The first-order valence-corrected chi connectivity index (χ1v) is 7.57. The van der Waals surface area contributed by atoms with Gasteiger partial charge in [0, 0.05) is 11.6 Å². The first kappa shape index (κ1) is 17.1. The zero-order valence-electron chi connectivity index (χ0n) is 13.4. The van der Waals surface area contributed by atoms with Gasteiger partial charge in [-0.05, 0) is 38.0 Å². The molecule has 124 valence electrons. The number of pyridine rings is 1. The SMILES string of the molecule is CCOC(=O)c1cn(C(CC)CO)c2cc(F)c(C)cc2c1=O. The molecule has 2 aromatic rings. The number of aliphatic hydroxyl groups is 1. The van der Waals surface area contributed by atoms with Crippen molar-refractivity contribution < 1.29 is 19.0 Å². The summed E-state index contributed by atoms with van der Waals surface area (Å²) in [7, 11) is 0. The summed E-state index contributed by atoms with van der Waals surface area (Å²) >= 11 is 0. The molecule has 0 amide bonds. The standard InChI is InChI=1S/C17H20FNO4/c1-4-11(9-20)19-8-13(17(22)23-5-2)16(21)12-6-10(3)14(18)7-15(12)19/h6-8,11,20H,4-5,9H2,1-3H3. The van der Waals surface area contributed by atoms with Crippen molar-refractivity contribution in [1.29, 1.82) is 0 Å². The van der Waals surface area contributed by atoms with E-state index in [0.717, 1.165) is 0 Å². The topological polar surface area (TPSA) is 68.5 Å². The fourth-order valence-electron chi connectivity index (χ4n) is 2.55. The quantitative estimate of drug-likeness (QED) is 0.860. The fraction of sp³-hybridized carbons (Fsp3) is 0.412. The molecule has 1 heterocycles. The van der Waals surface area contributed by atoms with E-state index in [4.69, 9.17) is 4.74 Å². The summed E-state index contributed by atoms with van der Waals surface area (Å²) in [6.45, 7) is 5.03. The Balaban J connectivity index is 2.85. The van der Waals surface area contributed by atoms with Crippen LogP contribution in [0.3, 0.4) is 0 Å². The molecule has 23 heavy (non-hydrogen) atoms. The van der Waals surface area contributed by atoms with Gasteiger partial charge in [0.15, 0.2) is 0 Å². The van der Waals surface area contributed by atoms with Crippen molar-refractivity contribution in [2.24, 2.45) is 0 Å². The molecule has 1 aromatic heterocycles. The number of aromatic nitrogens is 1. The van der Waals surface area contributed by atoms with E-state index in [2.05, 4.69) is 0 Å². The first-order valence-electron chi connectivity index (χ1n) is 7.57. The first-order chi connectivity index (χ1) is 10.9. The molecule has 0 spiro atoms. The predicted molar refractivity (Wildman–Crippen MR) is 85.3 cm³/mol. The second-order valence-electron chi connectivity index (χ2n) is 5.36. The normalized spacial score (nSPS) is 12.4. The lowest BCUT2D eigenvalue weighted by molar-refractivity contribution is 0.0523. The van der Waals surface area contributed by atoms with Gasteiger partial charge >= 0.3 is 5.97 Å². The zero-order valence-corrected chi connectivity index (χ0v) is 13.4. The van der Waals surface area contributed by atoms with E-state index in [1.54, 1.807) is 18.4 Å². The number of ether oxygens (including phenoxy) is 1. The molecule has 2 rings (SSSR count). The van der Waals surface area contributed by atoms with E-state index in [1.807, 2.05) is 6.92 Å². The van der Waals surface area contributed by atoms with Gasteiger partial charge in [-0.1, -0.05) is 6.92 Å². The number of aliphatic hydroxyl groups excluding tert-OH is 1. The number of carbonyl (C=O) groups is 1. The van der Waals surface area contributed by atoms with E-state index in [1.165, 1.54) is 18.3 Å². The number of hydrogen-bond donors (Lipinski definition) is 1. The Bertz CT molecular complexity index is 793. The van der Waals surface area contributed by atoms with Crippen molar-refractivity contribution in [3.8, 4) is 0 Å². The molecular formula is C17H20FNO4. The second-order valence-corrected chi connectivity index (χ2v) is 5.36. The van der Waals surface area contributed by atoms with Gasteiger partial charge in [-0.25, -0.2) is 9.18 Å². The maximum absolute atomic E-state index is 13.9. The van der Waals surface area contributed by atoms with Gasteiger partial charge < -0.3 is 14.4 Å². The van der Waals surface area contributed by atoms with Gasteiger partial charge in [0.25, 0.3) is 0 Å². The number of halogens is 1. The van der Waals surface area contributed by atoms with Gasteiger partial charge in [0.1, 0.15) is 11.4 Å². The van der Waals surface area contributed by atoms with Crippen molar-refractivity contribution >= 4 is 16.9 Å². The maximum atomic E-state index is 13.9. The lowest BCUT2D eigenvalue weighted by Gasteiger charge is -2.20. The van der Waals surface area contributed by atoms with Crippen molar-refractivity contribution in [2.45, 2.75) is 33.2 Å². The molecular weight excluding hydrogens is 301 g/mol. The summed E-state index contributed by atoms with van der Waals surface area (Å²) in [4.78, 5) is 24.6. The third-order valence-electron chi connectivity index (χ3n) is 3.88. The third kappa shape index (κ3) is 3.12. The van der Waals surface area contributed by atoms with Gasteiger partial charge in [0.2, 0.25) is 5.43 Å². The maximum Gasteiger partial charge on any atom is 0.343 e. The number of esters is 1. The number of aryl methyl sites for hydroxylation is 1. The number of benzene rings is 1. The van der Waals surface area contributed by atoms with E-state index >= 15 is 0 Å². The monoisotopic (exact) mass is 321 g/mol. The molecule has 0 bridgehead atoms. The van der Waals surface area contributed by atoms with E-state index in [9.17, 15) is 19.1 Å². The van der Waals surface area contributed by atoms with Gasteiger partial charge in [-0.3, -0.25) is 4.79 Å². The van der Waals surface area contributed by atoms with Crippen LogP contribution in [0.1, 0.15) is 42.2 Å². The summed E-state index contributed by atoms with van der Waals surface area (Å²) in [6, 6.07) is 2.32. The number of rotatable bonds is 5. The second kappa shape index (κ2) is 6.91.